The van der Waals surface area contributed by atoms with Crippen molar-refractivity contribution in [1.29, 1.82) is 0 Å². The Bertz CT molecular complexity index is 756. The Morgan fingerprint density at radius 2 is 2.00 bits per heavy atom. The number of hydrogen-bond acceptors (Lipinski definition) is 5. The number of amides is 1. The van der Waals surface area contributed by atoms with Crippen LogP contribution < -0.4 is 5.32 Å². The van der Waals surface area contributed by atoms with E-state index in [0.29, 0.717) is 12.0 Å². The summed E-state index contributed by atoms with van der Waals surface area (Å²) < 4.78 is 1.92. The predicted octanol–water partition coefficient (Wildman–Crippen LogP) is 4.81. The summed E-state index contributed by atoms with van der Waals surface area (Å²) in [5, 5.41) is 15.8. The number of benzene rings is 1. The van der Waals surface area contributed by atoms with Gasteiger partial charge in [0, 0.05) is 5.69 Å². The Kier molecular flexibility index (Phi) is 6.88. The quantitative estimate of drug-likeness (QED) is 0.690. The van der Waals surface area contributed by atoms with Crippen LogP contribution in [0.15, 0.2) is 29.4 Å². The van der Waals surface area contributed by atoms with Gasteiger partial charge >= 0.3 is 0 Å². The van der Waals surface area contributed by atoms with Crippen molar-refractivity contribution in [3.05, 3.63) is 29.8 Å². The minimum atomic E-state index is -0.275. The van der Waals surface area contributed by atoms with Gasteiger partial charge in [-0.15, -0.1) is 5.10 Å². The maximum atomic E-state index is 12.8. The van der Waals surface area contributed by atoms with Crippen LogP contribution in [0.25, 0.3) is 0 Å². The lowest BCUT2D eigenvalue weighted by Gasteiger charge is -2.22. The van der Waals surface area contributed by atoms with Gasteiger partial charge in [-0.1, -0.05) is 63.1 Å². The van der Waals surface area contributed by atoms with Crippen LogP contribution >= 0.6 is 11.8 Å². The van der Waals surface area contributed by atoms with Gasteiger partial charge in [-0.3, -0.25) is 4.79 Å². The summed E-state index contributed by atoms with van der Waals surface area (Å²) in [6, 6.07) is 8.41. The van der Waals surface area contributed by atoms with Crippen molar-refractivity contribution in [2.24, 2.45) is 0 Å². The molecule has 0 aliphatic heterocycles. The molecule has 1 N–H and O–H groups in total. The monoisotopic (exact) mass is 387 g/mol. The van der Waals surface area contributed by atoms with Gasteiger partial charge in [0.1, 0.15) is 0 Å². The summed E-state index contributed by atoms with van der Waals surface area (Å²) in [6.07, 6.45) is 6.99. The highest BCUT2D eigenvalue weighted by molar-refractivity contribution is 8.00. The first-order valence-electron chi connectivity index (χ1n) is 9.94. The first-order chi connectivity index (χ1) is 13.1. The van der Waals surface area contributed by atoms with Gasteiger partial charge in [-0.25, -0.2) is 4.68 Å². The fourth-order valence-electron chi connectivity index (χ4n) is 3.52. The summed E-state index contributed by atoms with van der Waals surface area (Å²) in [5.74, 6) is 0.386. The zero-order chi connectivity index (χ0) is 19.2. The molecule has 7 heteroatoms. The van der Waals surface area contributed by atoms with Crippen LogP contribution in [-0.4, -0.2) is 31.4 Å². The molecule has 146 valence electrons. The van der Waals surface area contributed by atoms with Gasteiger partial charge in [-0.2, -0.15) is 0 Å². The third-order valence-corrected chi connectivity index (χ3v) is 6.44. The van der Waals surface area contributed by atoms with E-state index in [-0.39, 0.29) is 11.2 Å². The van der Waals surface area contributed by atoms with Crippen LogP contribution in [0.5, 0.6) is 0 Å². The van der Waals surface area contributed by atoms with Gasteiger partial charge < -0.3 is 5.32 Å². The highest BCUT2D eigenvalue weighted by Gasteiger charge is 2.24. The highest BCUT2D eigenvalue weighted by Crippen LogP contribution is 2.32. The zero-order valence-electron chi connectivity index (χ0n) is 16.4. The first-order valence-corrected chi connectivity index (χ1v) is 10.8. The van der Waals surface area contributed by atoms with Gasteiger partial charge in [0.15, 0.2) is 0 Å². The Morgan fingerprint density at radius 1 is 1.26 bits per heavy atom. The van der Waals surface area contributed by atoms with E-state index in [1.54, 1.807) is 0 Å². The molecule has 1 aromatic carbocycles. The molecule has 1 heterocycles. The van der Waals surface area contributed by atoms with Crippen LogP contribution in [0, 0.1) is 0 Å². The normalized spacial score (nSPS) is 17.4. The fourth-order valence-corrected chi connectivity index (χ4v) is 4.38. The zero-order valence-corrected chi connectivity index (χ0v) is 17.2. The maximum absolute atomic E-state index is 12.8. The van der Waals surface area contributed by atoms with Crippen molar-refractivity contribution in [3.8, 4) is 0 Å². The summed E-state index contributed by atoms with van der Waals surface area (Å²) in [7, 11) is 0. The molecular weight excluding hydrogens is 358 g/mol. The van der Waals surface area contributed by atoms with Crippen LogP contribution in [-0.2, 0) is 4.79 Å². The van der Waals surface area contributed by atoms with Crippen LogP contribution in [0.2, 0.25) is 0 Å². The molecule has 0 radical (unpaired) electrons. The average Bonchev–Trinajstić information content (AvgIpc) is 3.16. The number of anilines is 1. The third kappa shape index (κ3) is 4.89. The highest BCUT2D eigenvalue weighted by atomic mass is 32.2. The molecule has 0 spiro atoms. The molecular formula is C20H29N5OS. The standard InChI is InChI=1S/C20H29N5OS/c1-4-14(2)17-12-8-9-13-18(17)21-19(26)15(3)27-20-22-23-24-25(20)16-10-6-5-7-11-16/h8-9,12-16H,4-7,10-11H2,1-3H3,(H,21,26). The number of nitrogens with one attached hydrogen (secondary N) is 1. The number of rotatable bonds is 7. The first kappa shape index (κ1) is 19.9. The Hall–Kier alpha value is -1.89. The minimum Gasteiger partial charge on any atom is -0.325 e. The van der Waals surface area contributed by atoms with E-state index >= 15 is 0 Å². The molecule has 3 rings (SSSR count). The number of carbonyl (C=O) groups excluding carboxylic acids is 1. The number of tetrazole rings is 1. The topological polar surface area (TPSA) is 72.7 Å². The number of nitrogens with zero attached hydrogens (tertiary/aromatic N) is 4. The molecule has 1 aliphatic rings. The van der Waals surface area contributed by atoms with Gasteiger partial charge in [0.2, 0.25) is 11.1 Å². The fraction of sp³-hybridized carbons (Fsp3) is 0.600. The molecule has 6 nitrogen and oxygen atoms in total. The van der Waals surface area contributed by atoms with Crippen molar-refractivity contribution >= 4 is 23.4 Å². The van der Waals surface area contributed by atoms with Crippen molar-refractivity contribution in [1.82, 2.24) is 20.2 Å². The minimum absolute atomic E-state index is 0.0195. The van der Waals surface area contributed by atoms with Crippen molar-refractivity contribution in [2.45, 2.75) is 81.7 Å². The molecule has 1 fully saturated rings. The molecule has 27 heavy (non-hydrogen) atoms. The van der Waals surface area contributed by atoms with Crippen molar-refractivity contribution in [2.75, 3.05) is 5.32 Å². The van der Waals surface area contributed by atoms with Gasteiger partial charge in [0.25, 0.3) is 0 Å². The molecule has 0 bridgehead atoms. The molecule has 2 unspecified atom stereocenters. The molecule has 1 aliphatic carbocycles. The molecule has 2 atom stereocenters. The van der Waals surface area contributed by atoms with E-state index in [0.717, 1.165) is 30.1 Å². The molecule has 1 amide bonds. The van der Waals surface area contributed by atoms with Crippen LogP contribution in [0.3, 0.4) is 0 Å². The van der Waals surface area contributed by atoms with E-state index in [4.69, 9.17) is 0 Å². The van der Waals surface area contributed by atoms with Gasteiger partial charge in [0.05, 0.1) is 11.3 Å². The second-order valence-electron chi connectivity index (χ2n) is 7.34. The number of aromatic nitrogens is 4. The summed E-state index contributed by atoms with van der Waals surface area (Å²) in [4.78, 5) is 12.8. The number of para-hydroxylation sites is 1. The SMILES string of the molecule is CCC(C)c1ccccc1NC(=O)C(C)Sc1nnnn1C1CCCCC1. The van der Waals surface area contributed by atoms with E-state index in [2.05, 4.69) is 40.8 Å². The lowest BCUT2D eigenvalue weighted by Crippen LogP contribution is -2.24. The summed E-state index contributed by atoms with van der Waals surface area (Å²) >= 11 is 1.43. The van der Waals surface area contributed by atoms with Crippen LogP contribution in [0.1, 0.15) is 76.8 Å². The molecule has 1 aromatic heterocycles. The predicted molar refractivity (Wildman–Crippen MR) is 109 cm³/mol. The number of carbonyl (C=O) groups is 1. The number of hydrogen-bond donors (Lipinski definition) is 1. The van der Waals surface area contributed by atoms with Gasteiger partial charge in [-0.05, 0) is 54.2 Å². The number of thioether (sulfide) groups is 1. The molecule has 2 aromatic rings. The average molecular weight is 388 g/mol. The van der Waals surface area contributed by atoms with E-state index in [1.165, 1.54) is 36.6 Å². The maximum Gasteiger partial charge on any atom is 0.237 e. The summed E-state index contributed by atoms with van der Waals surface area (Å²) in [5.41, 5.74) is 2.08. The van der Waals surface area contributed by atoms with E-state index in [1.807, 2.05) is 29.8 Å². The molecule has 0 saturated heterocycles. The second kappa shape index (κ2) is 9.35. The van der Waals surface area contributed by atoms with Crippen molar-refractivity contribution < 1.29 is 4.79 Å². The van der Waals surface area contributed by atoms with Crippen molar-refractivity contribution in [3.63, 3.8) is 0 Å². The second-order valence-corrected chi connectivity index (χ2v) is 8.65. The van der Waals surface area contributed by atoms with Crippen LogP contribution in [0.4, 0.5) is 5.69 Å². The lowest BCUT2D eigenvalue weighted by molar-refractivity contribution is -0.115. The third-order valence-electron chi connectivity index (χ3n) is 5.40. The Labute approximate surface area is 165 Å². The Balaban J connectivity index is 1.66. The van der Waals surface area contributed by atoms with E-state index < -0.39 is 0 Å². The summed E-state index contributed by atoms with van der Waals surface area (Å²) in [6.45, 7) is 6.25. The smallest absolute Gasteiger partial charge is 0.237 e. The van der Waals surface area contributed by atoms with E-state index in [9.17, 15) is 4.79 Å². The Morgan fingerprint density at radius 3 is 2.74 bits per heavy atom. The largest absolute Gasteiger partial charge is 0.325 e. The lowest BCUT2D eigenvalue weighted by atomic mass is 9.96. The molecule has 1 saturated carbocycles.